The Morgan fingerprint density at radius 1 is 1.25 bits per heavy atom. The van der Waals surface area contributed by atoms with Gasteiger partial charge in [0.15, 0.2) is 0 Å². The van der Waals surface area contributed by atoms with Gasteiger partial charge in [-0.15, -0.1) is 11.3 Å². The minimum Gasteiger partial charge on any atom is -0.387 e. The summed E-state index contributed by atoms with van der Waals surface area (Å²) in [6.45, 7) is 2.04. The molecule has 3 heterocycles. The Morgan fingerprint density at radius 3 is 3.04 bits per heavy atom. The number of morpholine rings is 1. The van der Waals surface area contributed by atoms with Gasteiger partial charge >= 0.3 is 0 Å². The summed E-state index contributed by atoms with van der Waals surface area (Å²) in [5.41, 5.74) is 0.937. The van der Waals surface area contributed by atoms with E-state index in [1.165, 1.54) is 0 Å². The molecule has 124 valence electrons. The summed E-state index contributed by atoms with van der Waals surface area (Å²) >= 11 is 1.58. The van der Waals surface area contributed by atoms with E-state index in [0.29, 0.717) is 19.6 Å². The molecule has 1 fully saturated rings. The Kier molecular flexibility index (Phi) is 4.42. The topological polar surface area (TPSA) is 58.5 Å². The first-order chi connectivity index (χ1) is 11.8. The van der Waals surface area contributed by atoms with Crippen LogP contribution in [0.3, 0.4) is 0 Å². The van der Waals surface area contributed by atoms with Crippen LogP contribution in [0.15, 0.2) is 48.1 Å². The van der Waals surface area contributed by atoms with Crippen molar-refractivity contribution in [2.75, 3.05) is 24.7 Å². The molecule has 0 saturated carbocycles. The number of fused-ring (bicyclic) bond motifs is 1. The van der Waals surface area contributed by atoms with E-state index in [1.807, 2.05) is 41.8 Å². The Balaban J connectivity index is 1.64. The summed E-state index contributed by atoms with van der Waals surface area (Å²) in [4.78, 5) is 12.1. The van der Waals surface area contributed by atoms with Crippen molar-refractivity contribution in [3.05, 3.63) is 53.0 Å². The normalized spacial score (nSPS) is 19.5. The van der Waals surface area contributed by atoms with E-state index in [1.54, 1.807) is 17.7 Å². The van der Waals surface area contributed by atoms with Gasteiger partial charge in [0.05, 0.1) is 30.9 Å². The molecule has 24 heavy (non-hydrogen) atoms. The number of aliphatic hydroxyl groups is 1. The number of hydrogen-bond acceptors (Lipinski definition) is 6. The SMILES string of the molecule is OC(CC1COCCN1c1ncnc2ccccc12)c1cccs1. The number of benzene rings is 1. The van der Waals surface area contributed by atoms with Crippen LogP contribution in [0, 0.1) is 0 Å². The quantitative estimate of drug-likeness (QED) is 0.790. The molecule has 6 heteroatoms. The van der Waals surface area contributed by atoms with Gasteiger partial charge in [-0.1, -0.05) is 18.2 Å². The maximum atomic E-state index is 10.5. The predicted molar refractivity (Wildman–Crippen MR) is 95.4 cm³/mol. The number of aliphatic hydroxyl groups excluding tert-OH is 1. The van der Waals surface area contributed by atoms with Gasteiger partial charge in [0.1, 0.15) is 12.1 Å². The lowest BCUT2D eigenvalue weighted by Crippen LogP contribution is -2.46. The second-order valence-electron chi connectivity index (χ2n) is 5.90. The van der Waals surface area contributed by atoms with Crippen molar-refractivity contribution in [2.24, 2.45) is 0 Å². The van der Waals surface area contributed by atoms with Crippen LogP contribution in [0.1, 0.15) is 17.4 Å². The van der Waals surface area contributed by atoms with Crippen molar-refractivity contribution in [1.29, 1.82) is 0 Å². The molecule has 1 N–H and O–H groups in total. The van der Waals surface area contributed by atoms with Crippen molar-refractivity contribution < 1.29 is 9.84 Å². The molecular weight excluding hydrogens is 322 g/mol. The third-order valence-corrected chi connectivity index (χ3v) is 5.36. The first kappa shape index (κ1) is 15.5. The lowest BCUT2D eigenvalue weighted by molar-refractivity contribution is 0.0686. The summed E-state index contributed by atoms with van der Waals surface area (Å²) in [7, 11) is 0. The zero-order chi connectivity index (χ0) is 16.4. The molecule has 1 aliphatic rings. The van der Waals surface area contributed by atoms with Crippen molar-refractivity contribution in [3.63, 3.8) is 0 Å². The van der Waals surface area contributed by atoms with Gasteiger partial charge in [0.25, 0.3) is 0 Å². The van der Waals surface area contributed by atoms with Crippen LogP contribution in [0.25, 0.3) is 10.9 Å². The van der Waals surface area contributed by atoms with E-state index in [4.69, 9.17) is 4.74 Å². The summed E-state index contributed by atoms with van der Waals surface area (Å²) in [5.74, 6) is 0.923. The molecule has 0 spiro atoms. The molecule has 1 saturated heterocycles. The highest BCUT2D eigenvalue weighted by atomic mass is 32.1. The smallest absolute Gasteiger partial charge is 0.140 e. The Morgan fingerprint density at radius 2 is 2.17 bits per heavy atom. The fourth-order valence-electron chi connectivity index (χ4n) is 3.20. The van der Waals surface area contributed by atoms with Gasteiger partial charge in [0, 0.05) is 23.2 Å². The summed E-state index contributed by atoms with van der Waals surface area (Å²) in [6, 6.07) is 12.1. The number of aromatic nitrogens is 2. The third-order valence-electron chi connectivity index (χ3n) is 4.39. The molecule has 1 aromatic carbocycles. The van der Waals surface area contributed by atoms with Gasteiger partial charge in [-0.25, -0.2) is 9.97 Å². The molecule has 2 aromatic heterocycles. The number of hydrogen-bond donors (Lipinski definition) is 1. The summed E-state index contributed by atoms with van der Waals surface area (Å²) < 4.78 is 5.67. The molecule has 0 amide bonds. The van der Waals surface area contributed by atoms with Crippen LogP contribution in [-0.4, -0.2) is 40.9 Å². The molecule has 2 unspecified atom stereocenters. The van der Waals surface area contributed by atoms with Gasteiger partial charge in [-0.3, -0.25) is 0 Å². The Bertz CT molecular complexity index is 804. The van der Waals surface area contributed by atoms with Crippen LogP contribution in [-0.2, 0) is 4.74 Å². The molecule has 1 aliphatic heterocycles. The second-order valence-corrected chi connectivity index (χ2v) is 6.88. The average Bonchev–Trinajstić information content (AvgIpc) is 3.17. The number of nitrogens with zero attached hydrogens (tertiary/aromatic N) is 3. The number of thiophene rings is 1. The fourth-order valence-corrected chi connectivity index (χ4v) is 3.93. The van der Waals surface area contributed by atoms with Gasteiger partial charge in [-0.2, -0.15) is 0 Å². The van der Waals surface area contributed by atoms with E-state index in [2.05, 4.69) is 14.9 Å². The second kappa shape index (κ2) is 6.84. The fraction of sp³-hybridized carbons (Fsp3) is 0.333. The number of anilines is 1. The van der Waals surface area contributed by atoms with E-state index in [9.17, 15) is 5.11 Å². The number of para-hydroxylation sites is 1. The van der Waals surface area contributed by atoms with Crippen LogP contribution in [0.5, 0.6) is 0 Å². The number of rotatable bonds is 4. The zero-order valence-corrected chi connectivity index (χ0v) is 14.0. The molecule has 4 rings (SSSR count). The molecule has 5 nitrogen and oxygen atoms in total. The van der Waals surface area contributed by atoms with Crippen LogP contribution in [0.2, 0.25) is 0 Å². The minimum absolute atomic E-state index is 0.0918. The lowest BCUT2D eigenvalue weighted by atomic mass is 10.1. The summed E-state index contributed by atoms with van der Waals surface area (Å²) in [5, 5.41) is 13.6. The van der Waals surface area contributed by atoms with E-state index in [0.717, 1.165) is 28.1 Å². The summed E-state index contributed by atoms with van der Waals surface area (Å²) in [6.07, 6.45) is 1.76. The molecular formula is C18H19N3O2S. The van der Waals surface area contributed by atoms with Gasteiger partial charge in [-0.05, 0) is 23.6 Å². The van der Waals surface area contributed by atoms with Crippen molar-refractivity contribution >= 4 is 28.1 Å². The minimum atomic E-state index is -0.479. The zero-order valence-electron chi connectivity index (χ0n) is 13.2. The predicted octanol–water partition coefficient (Wildman–Crippen LogP) is 3.02. The van der Waals surface area contributed by atoms with Crippen LogP contribution < -0.4 is 4.90 Å². The van der Waals surface area contributed by atoms with Crippen molar-refractivity contribution in [2.45, 2.75) is 18.6 Å². The maximum absolute atomic E-state index is 10.5. The molecule has 3 aromatic rings. The largest absolute Gasteiger partial charge is 0.387 e. The molecule has 0 aliphatic carbocycles. The average molecular weight is 341 g/mol. The monoisotopic (exact) mass is 341 g/mol. The molecule has 0 bridgehead atoms. The van der Waals surface area contributed by atoms with Gasteiger partial charge in [0.2, 0.25) is 0 Å². The lowest BCUT2D eigenvalue weighted by Gasteiger charge is -2.37. The molecule has 0 radical (unpaired) electrons. The van der Waals surface area contributed by atoms with E-state index < -0.39 is 6.10 Å². The number of ether oxygens (including phenoxy) is 1. The van der Waals surface area contributed by atoms with E-state index >= 15 is 0 Å². The highest BCUT2D eigenvalue weighted by Gasteiger charge is 2.28. The Hall–Kier alpha value is -2.02. The van der Waals surface area contributed by atoms with Crippen molar-refractivity contribution in [1.82, 2.24) is 9.97 Å². The van der Waals surface area contributed by atoms with Crippen LogP contribution in [0.4, 0.5) is 5.82 Å². The van der Waals surface area contributed by atoms with Crippen LogP contribution >= 0.6 is 11.3 Å². The third kappa shape index (κ3) is 3.00. The first-order valence-corrected chi connectivity index (χ1v) is 8.96. The maximum Gasteiger partial charge on any atom is 0.140 e. The highest BCUT2D eigenvalue weighted by Crippen LogP contribution is 2.30. The highest BCUT2D eigenvalue weighted by molar-refractivity contribution is 7.10. The standard InChI is InChI=1S/C18H19N3O2S/c22-16(17-6-3-9-24-17)10-13-11-23-8-7-21(13)18-14-4-1-2-5-15(14)19-12-20-18/h1-6,9,12-13,16,22H,7-8,10-11H2. The van der Waals surface area contributed by atoms with Crippen molar-refractivity contribution in [3.8, 4) is 0 Å². The first-order valence-electron chi connectivity index (χ1n) is 8.08. The molecule has 2 atom stereocenters. The Labute approximate surface area is 144 Å². The van der Waals surface area contributed by atoms with E-state index in [-0.39, 0.29) is 6.04 Å². The van der Waals surface area contributed by atoms with Gasteiger partial charge < -0.3 is 14.7 Å².